The number of ether oxygens (including phenoxy) is 1. The first-order valence-corrected chi connectivity index (χ1v) is 9.95. The summed E-state index contributed by atoms with van der Waals surface area (Å²) in [5, 5.41) is 4.21. The number of amides is 1. The number of hydrogen-bond acceptors (Lipinski definition) is 6. The standard InChI is InChI=1S/C20H26N4O3/c1-13-19(14-2-4-23(13)5-3-14)22-20(25)16-10-15-17(12-27-18(15)11-21-16)24-6-8-26-9-7-24/h10-14,19H,2-9H2,1H3,(H,22,25)/t13-,19-/m0/s1. The van der Waals surface area contributed by atoms with E-state index in [0.717, 1.165) is 37.3 Å². The van der Waals surface area contributed by atoms with Gasteiger partial charge in [0.2, 0.25) is 0 Å². The Bertz CT molecular complexity index is 835. The topological polar surface area (TPSA) is 70.8 Å². The van der Waals surface area contributed by atoms with Crippen molar-refractivity contribution in [3.8, 4) is 0 Å². The second kappa shape index (κ2) is 6.80. The lowest BCUT2D eigenvalue weighted by Gasteiger charge is -2.49. The van der Waals surface area contributed by atoms with Crippen LogP contribution in [0.2, 0.25) is 0 Å². The Kier molecular flexibility index (Phi) is 4.28. The van der Waals surface area contributed by atoms with Crippen LogP contribution in [-0.4, -0.2) is 67.3 Å². The van der Waals surface area contributed by atoms with Gasteiger partial charge in [-0.15, -0.1) is 0 Å². The number of piperidine rings is 3. The van der Waals surface area contributed by atoms with E-state index in [1.165, 1.54) is 12.8 Å². The van der Waals surface area contributed by atoms with Crippen molar-refractivity contribution in [3.05, 3.63) is 24.2 Å². The smallest absolute Gasteiger partial charge is 0.270 e. The van der Waals surface area contributed by atoms with Crippen LogP contribution in [0.15, 0.2) is 22.9 Å². The number of nitrogens with one attached hydrogen (secondary N) is 1. The second-order valence-corrected chi connectivity index (χ2v) is 7.90. The summed E-state index contributed by atoms with van der Waals surface area (Å²) in [4.78, 5) is 22.0. The summed E-state index contributed by atoms with van der Waals surface area (Å²) in [6.07, 6.45) is 5.76. The number of fused-ring (bicyclic) bond motifs is 4. The number of nitrogens with zero attached hydrogens (tertiary/aromatic N) is 3. The third kappa shape index (κ3) is 2.99. The zero-order valence-electron chi connectivity index (χ0n) is 15.7. The molecule has 4 fully saturated rings. The number of rotatable bonds is 3. The zero-order chi connectivity index (χ0) is 18.4. The SMILES string of the molecule is C[C@H]1[C@H](NC(=O)c2cc3c(N4CCOCC4)coc3cn2)C2CCN1CC2. The summed E-state index contributed by atoms with van der Waals surface area (Å²) in [6, 6.07) is 2.47. The molecule has 6 rings (SSSR count). The van der Waals surface area contributed by atoms with Crippen molar-refractivity contribution in [1.82, 2.24) is 15.2 Å². The highest BCUT2D eigenvalue weighted by Gasteiger charge is 2.40. The van der Waals surface area contributed by atoms with Crippen molar-refractivity contribution in [1.29, 1.82) is 0 Å². The van der Waals surface area contributed by atoms with Crippen molar-refractivity contribution < 1.29 is 13.9 Å². The highest BCUT2D eigenvalue weighted by molar-refractivity contribution is 5.99. The third-order valence-corrected chi connectivity index (χ3v) is 6.50. The molecule has 144 valence electrons. The van der Waals surface area contributed by atoms with E-state index < -0.39 is 0 Å². The molecule has 1 amide bonds. The van der Waals surface area contributed by atoms with Crippen molar-refractivity contribution in [3.63, 3.8) is 0 Å². The average Bonchev–Trinajstić information content (AvgIpc) is 3.15. The number of hydrogen-bond donors (Lipinski definition) is 1. The summed E-state index contributed by atoms with van der Waals surface area (Å²) < 4.78 is 11.1. The van der Waals surface area contributed by atoms with Crippen LogP contribution in [-0.2, 0) is 4.74 Å². The molecule has 2 aromatic rings. The van der Waals surface area contributed by atoms with Gasteiger partial charge in [-0.25, -0.2) is 4.98 Å². The van der Waals surface area contributed by atoms with Crippen LogP contribution >= 0.6 is 0 Å². The molecule has 2 aromatic heterocycles. The minimum absolute atomic E-state index is 0.0865. The Hall–Kier alpha value is -2.12. The number of aromatic nitrogens is 1. The molecule has 7 heteroatoms. The van der Waals surface area contributed by atoms with Gasteiger partial charge in [-0.1, -0.05) is 0 Å². The van der Waals surface area contributed by atoms with Gasteiger partial charge in [0, 0.05) is 30.6 Å². The quantitative estimate of drug-likeness (QED) is 0.890. The maximum Gasteiger partial charge on any atom is 0.270 e. The van der Waals surface area contributed by atoms with Gasteiger partial charge >= 0.3 is 0 Å². The molecular weight excluding hydrogens is 344 g/mol. The summed E-state index contributed by atoms with van der Waals surface area (Å²) in [7, 11) is 0. The predicted molar refractivity (Wildman–Crippen MR) is 102 cm³/mol. The molecule has 27 heavy (non-hydrogen) atoms. The molecule has 7 nitrogen and oxygen atoms in total. The van der Waals surface area contributed by atoms with Crippen LogP contribution in [0.4, 0.5) is 5.69 Å². The van der Waals surface area contributed by atoms with Gasteiger partial charge in [0.1, 0.15) is 12.0 Å². The van der Waals surface area contributed by atoms with Crippen LogP contribution in [0.3, 0.4) is 0 Å². The van der Waals surface area contributed by atoms with Gasteiger partial charge < -0.3 is 19.4 Å². The minimum Gasteiger partial charge on any atom is -0.460 e. The Morgan fingerprint density at radius 2 is 2.00 bits per heavy atom. The van der Waals surface area contributed by atoms with E-state index >= 15 is 0 Å². The molecule has 2 bridgehead atoms. The predicted octanol–water partition coefficient (Wildman–Crippen LogP) is 1.88. The molecule has 4 aliphatic rings. The van der Waals surface area contributed by atoms with E-state index in [4.69, 9.17) is 9.15 Å². The minimum atomic E-state index is -0.0865. The van der Waals surface area contributed by atoms with Crippen molar-refractivity contribution >= 4 is 22.6 Å². The maximum atomic E-state index is 12.9. The molecule has 1 N–H and O–H groups in total. The molecule has 0 saturated carbocycles. The Balaban J connectivity index is 1.38. The molecule has 0 aromatic carbocycles. The van der Waals surface area contributed by atoms with E-state index in [2.05, 4.69) is 27.0 Å². The molecule has 0 radical (unpaired) electrons. The highest BCUT2D eigenvalue weighted by atomic mass is 16.5. The Labute approximate surface area is 158 Å². The first-order chi connectivity index (χ1) is 13.2. The normalized spacial score (nSPS) is 30.6. The number of furan rings is 1. The molecule has 0 spiro atoms. The molecule has 4 aliphatic heterocycles. The number of carbonyl (C=O) groups excluding carboxylic acids is 1. The van der Waals surface area contributed by atoms with E-state index in [0.29, 0.717) is 36.5 Å². The lowest BCUT2D eigenvalue weighted by atomic mass is 9.79. The van der Waals surface area contributed by atoms with E-state index in [1.807, 2.05) is 6.07 Å². The van der Waals surface area contributed by atoms with Crippen LogP contribution in [0.25, 0.3) is 11.0 Å². The van der Waals surface area contributed by atoms with Gasteiger partial charge in [-0.3, -0.25) is 9.69 Å². The number of pyridine rings is 1. The molecule has 2 atom stereocenters. The highest BCUT2D eigenvalue weighted by Crippen LogP contribution is 2.33. The number of anilines is 1. The third-order valence-electron chi connectivity index (χ3n) is 6.50. The zero-order valence-corrected chi connectivity index (χ0v) is 15.7. The van der Waals surface area contributed by atoms with Crippen LogP contribution < -0.4 is 10.2 Å². The lowest BCUT2D eigenvalue weighted by molar-refractivity contribution is 0.0216. The maximum absolute atomic E-state index is 12.9. The van der Waals surface area contributed by atoms with Gasteiger partial charge in [0.05, 0.1) is 25.1 Å². The van der Waals surface area contributed by atoms with Crippen LogP contribution in [0.5, 0.6) is 0 Å². The van der Waals surface area contributed by atoms with Crippen molar-refractivity contribution in [2.75, 3.05) is 44.3 Å². The second-order valence-electron chi connectivity index (χ2n) is 7.90. The van der Waals surface area contributed by atoms with Crippen molar-refractivity contribution in [2.45, 2.75) is 31.8 Å². The largest absolute Gasteiger partial charge is 0.460 e. The number of carbonyl (C=O) groups is 1. The fourth-order valence-electron chi connectivity index (χ4n) is 4.86. The van der Waals surface area contributed by atoms with Gasteiger partial charge in [0.25, 0.3) is 5.91 Å². The molecule has 0 aliphatic carbocycles. The van der Waals surface area contributed by atoms with Crippen LogP contribution in [0, 0.1) is 5.92 Å². The molecule has 4 saturated heterocycles. The van der Waals surface area contributed by atoms with Gasteiger partial charge in [0.15, 0.2) is 5.58 Å². The first-order valence-electron chi connectivity index (χ1n) is 9.95. The fraction of sp³-hybridized carbons (Fsp3) is 0.600. The van der Waals surface area contributed by atoms with E-state index in [1.54, 1.807) is 12.5 Å². The number of morpholine rings is 1. The summed E-state index contributed by atoms with van der Waals surface area (Å²) in [5.74, 6) is 0.493. The summed E-state index contributed by atoms with van der Waals surface area (Å²) >= 11 is 0. The lowest BCUT2D eigenvalue weighted by Crippen LogP contribution is -2.62. The Morgan fingerprint density at radius 3 is 2.74 bits per heavy atom. The average molecular weight is 370 g/mol. The van der Waals surface area contributed by atoms with Crippen molar-refractivity contribution in [2.24, 2.45) is 5.92 Å². The van der Waals surface area contributed by atoms with E-state index in [9.17, 15) is 4.79 Å². The van der Waals surface area contributed by atoms with Crippen LogP contribution in [0.1, 0.15) is 30.3 Å². The van der Waals surface area contributed by atoms with Gasteiger partial charge in [-0.05, 0) is 44.8 Å². The summed E-state index contributed by atoms with van der Waals surface area (Å²) in [6.45, 7) is 7.61. The monoisotopic (exact) mass is 370 g/mol. The fourth-order valence-corrected chi connectivity index (χ4v) is 4.86. The summed E-state index contributed by atoms with van der Waals surface area (Å²) in [5.41, 5.74) is 2.19. The van der Waals surface area contributed by atoms with E-state index in [-0.39, 0.29) is 11.9 Å². The Morgan fingerprint density at radius 1 is 1.22 bits per heavy atom. The molecular formula is C20H26N4O3. The first kappa shape index (κ1) is 17.0. The molecule has 6 heterocycles. The van der Waals surface area contributed by atoms with Gasteiger partial charge in [-0.2, -0.15) is 0 Å². The molecule has 0 unspecified atom stereocenters.